The molecule has 0 bridgehead atoms. The van der Waals surface area contributed by atoms with E-state index in [0.29, 0.717) is 47.7 Å². The van der Waals surface area contributed by atoms with E-state index in [2.05, 4.69) is 15.3 Å². The molecule has 2 atom stereocenters. The maximum atomic E-state index is 13.6. The molecule has 0 radical (unpaired) electrons. The first kappa shape index (κ1) is 25.8. The predicted molar refractivity (Wildman–Crippen MR) is 136 cm³/mol. The van der Waals surface area contributed by atoms with Gasteiger partial charge >= 0.3 is 0 Å². The molecule has 202 valence electrons. The molecule has 0 spiro atoms. The molecule has 12 nitrogen and oxygen atoms in total. The summed E-state index contributed by atoms with van der Waals surface area (Å²) < 4.78 is 52.9. The summed E-state index contributed by atoms with van der Waals surface area (Å²) in [6.45, 7) is 4.43. The molecular formula is C25H29N5O7S. The number of ether oxygens (including phenoxy) is 3. The van der Waals surface area contributed by atoms with Gasteiger partial charge in [0.15, 0.2) is 21.4 Å². The molecule has 1 aromatic carbocycles. The van der Waals surface area contributed by atoms with E-state index in [4.69, 9.17) is 18.6 Å². The summed E-state index contributed by atoms with van der Waals surface area (Å²) in [7, 11) is -0.966. The van der Waals surface area contributed by atoms with Gasteiger partial charge in [-0.1, -0.05) is 6.07 Å². The number of hydrogen-bond acceptors (Lipinski definition) is 10. The summed E-state index contributed by atoms with van der Waals surface area (Å²) in [5.41, 5.74) is 0.654. The van der Waals surface area contributed by atoms with Crippen molar-refractivity contribution in [3.05, 3.63) is 53.7 Å². The quantitative estimate of drug-likeness (QED) is 0.335. The van der Waals surface area contributed by atoms with Crippen molar-refractivity contribution < 1.29 is 32.2 Å². The highest BCUT2D eigenvalue weighted by Crippen LogP contribution is 2.37. The lowest BCUT2D eigenvalue weighted by atomic mass is 10.2. The summed E-state index contributed by atoms with van der Waals surface area (Å²) in [5, 5.41) is 22.6. The first-order valence-corrected chi connectivity index (χ1v) is 13.8. The van der Waals surface area contributed by atoms with Gasteiger partial charge in [-0.25, -0.2) is 13.1 Å². The monoisotopic (exact) mass is 543 g/mol. The maximum Gasteiger partial charge on any atom is 0.212 e. The zero-order valence-corrected chi connectivity index (χ0v) is 22.3. The zero-order chi connectivity index (χ0) is 27.0. The van der Waals surface area contributed by atoms with Gasteiger partial charge in [0.05, 0.1) is 31.8 Å². The molecule has 0 amide bonds. The fourth-order valence-corrected chi connectivity index (χ4v) is 5.73. The summed E-state index contributed by atoms with van der Waals surface area (Å²) in [4.78, 5) is 0. The Morgan fingerprint density at radius 2 is 1.87 bits per heavy atom. The van der Waals surface area contributed by atoms with E-state index in [0.717, 1.165) is 6.42 Å². The molecule has 1 aliphatic rings. The fourth-order valence-electron chi connectivity index (χ4n) is 4.39. The molecule has 1 aliphatic heterocycles. The van der Waals surface area contributed by atoms with Gasteiger partial charge < -0.3 is 23.7 Å². The number of hydrogen-bond donors (Lipinski definition) is 1. The number of para-hydroxylation sites is 1. The molecule has 4 heterocycles. The Hall–Kier alpha value is -3.84. The van der Waals surface area contributed by atoms with Gasteiger partial charge in [0.25, 0.3) is 0 Å². The minimum Gasteiger partial charge on any atom is -0.494 e. The van der Waals surface area contributed by atoms with Gasteiger partial charge in [-0.2, -0.15) is 5.10 Å². The first-order valence-electron chi connectivity index (χ1n) is 12.1. The number of fused-ring (bicyclic) bond motifs is 1. The van der Waals surface area contributed by atoms with E-state index in [9.17, 15) is 13.5 Å². The third-order valence-electron chi connectivity index (χ3n) is 6.49. The third-order valence-corrected chi connectivity index (χ3v) is 8.54. The van der Waals surface area contributed by atoms with Crippen molar-refractivity contribution in [3.8, 4) is 34.7 Å². The van der Waals surface area contributed by atoms with Crippen molar-refractivity contribution in [2.45, 2.75) is 43.9 Å². The van der Waals surface area contributed by atoms with Crippen molar-refractivity contribution in [1.82, 2.24) is 24.5 Å². The Bertz CT molecular complexity index is 1510. The number of aliphatic hydroxyl groups excluding tert-OH is 1. The van der Waals surface area contributed by atoms with Crippen LogP contribution in [0.2, 0.25) is 0 Å². The summed E-state index contributed by atoms with van der Waals surface area (Å²) in [6.07, 6.45) is -0.580. The van der Waals surface area contributed by atoms with Crippen LogP contribution < -0.4 is 14.2 Å². The lowest BCUT2D eigenvalue weighted by Crippen LogP contribution is -2.28. The molecule has 0 saturated carbocycles. The van der Waals surface area contributed by atoms with Crippen LogP contribution in [0.4, 0.5) is 0 Å². The van der Waals surface area contributed by atoms with Crippen LogP contribution in [0.1, 0.15) is 36.7 Å². The lowest BCUT2D eigenvalue weighted by molar-refractivity contribution is 0.169. The molecule has 0 saturated heterocycles. The molecule has 3 aromatic heterocycles. The number of nitrogens with zero attached hydrogens (tertiary/aromatic N) is 5. The number of methoxy groups -OCH3 is 2. The highest BCUT2D eigenvalue weighted by molar-refractivity contribution is 7.91. The van der Waals surface area contributed by atoms with Gasteiger partial charge in [-0.15, -0.1) is 10.2 Å². The normalized spacial score (nSPS) is 15.0. The van der Waals surface area contributed by atoms with E-state index >= 15 is 0 Å². The van der Waals surface area contributed by atoms with Gasteiger partial charge in [-0.05, 0) is 38.1 Å². The van der Waals surface area contributed by atoms with Crippen molar-refractivity contribution in [1.29, 1.82) is 0 Å². The van der Waals surface area contributed by atoms with Crippen LogP contribution in [0.15, 0.2) is 40.8 Å². The van der Waals surface area contributed by atoms with Crippen molar-refractivity contribution >= 4 is 9.84 Å². The first-order chi connectivity index (χ1) is 18.2. The second-order valence-electron chi connectivity index (χ2n) is 8.99. The maximum absolute atomic E-state index is 13.6. The molecule has 1 N–H and O–H groups in total. The van der Waals surface area contributed by atoms with E-state index in [1.54, 1.807) is 52.6 Å². The standard InChI is InChI=1S/C25H29N5O7S/c1-15-9-10-20(37-15)25-27-26-21(30(25)23-18(34-3)7-5-8-19(23)35-4)14-38(32,33)16(2)24(31)17-13-22-29(28-17)11-6-12-36-22/h5,7-10,13,16,24,31H,6,11-12,14H2,1-4H3/t16-,24-/m1/s1. The minimum absolute atomic E-state index is 0.100. The highest BCUT2D eigenvalue weighted by Gasteiger charge is 2.35. The van der Waals surface area contributed by atoms with E-state index in [-0.39, 0.29) is 17.3 Å². The van der Waals surface area contributed by atoms with Crippen molar-refractivity contribution in [2.24, 2.45) is 0 Å². The molecule has 13 heteroatoms. The van der Waals surface area contributed by atoms with Gasteiger partial charge in [0.2, 0.25) is 11.7 Å². The van der Waals surface area contributed by atoms with Crippen molar-refractivity contribution in [3.63, 3.8) is 0 Å². The molecule has 0 aliphatic carbocycles. The van der Waals surface area contributed by atoms with Crippen LogP contribution in [-0.2, 0) is 22.1 Å². The largest absolute Gasteiger partial charge is 0.494 e. The smallest absolute Gasteiger partial charge is 0.212 e. The second-order valence-corrected chi connectivity index (χ2v) is 11.3. The number of furan rings is 1. The molecule has 5 rings (SSSR count). The van der Waals surface area contributed by atoms with E-state index in [1.165, 1.54) is 21.1 Å². The minimum atomic E-state index is -3.97. The summed E-state index contributed by atoms with van der Waals surface area (Å²) >= 11 is 0. The molecule has 4 aromatic rings. The Morgan fingerprint density at radius 1 is 1.13 bits per heavy atom. The molecule has 38 heavy (non-hydrogen) atoms. The lowest BCUT2D eigenvalue weighted by Gasteiger charge is -2.19. The van der Waals surface area contributed by atoms with Gasteiger partial charge in [0, 0.05) is 19.0 Å². The predicted octanol–water partition coefficient (Wildman–Crippen LogP) is 2.87. The van der Waals surface area contributed by atoms with Crippen LogP contribution in [0.25, 0.3) is 17.3 Å². The van der Waals surface area contributed by atoms with Crippen LogP contribution in [0, 0.1) is 6.92 Å². The topological polar surface area (TPSA) is 144 Å². The average molecular weight is 544 g/mol. The fraction of sp³-hybridized carbons (Fsp3) is 0.400. The molecular weight excluding hydrogens is 514 g/mol. The van der Waals surface area contributed by atoms with Gasteiger partial charge in [0.1, 0.15) is 34.8 Å². The summed E-state index contributed by atoms with van der Waals surface area (Å²) in [5.74, 6) is 2.25. The Morgan fingerprint density at radius 3 is 2.50 bits per heavy atom. The SMILES string of the molecule is COc1cccc(OC)c1-n1c(CS(=O)(=O)[C@H](C)[C@@H](O)c2cc3n(n2)CCCO3)nnc1-c1ccc(C)o1. The Kier molecular flexibility index (Phi) is 6.88. The molecule has 0 unspecified atom stereocenters. The number of aromatic nitrogens is 5. The van der Waals surface area contributed by atoms with Crippen LogP contribution in [0.3, 0.4) is 0 Å². The van der Waals surface area contributed by atoms with Gasteiger partial charge in [-0.3, -0.25) is 4.57 Å². The van der Waals surface area contributed by atoms with Crippen LogP contribution in [0.5, 0.6) is 17.4 Å². The third kappa shape index (κ3) is 4.63. The summed E-state index contributed by atoms with van der Waals surface area (Å²) in [6, 6.07) is 10.3. The second kappa shape index (κ2) is 10.1. The number of aliphatic hydroxyl groups is 1. The zero-order valence-electron chi connectivity index (χ0n) is 21.5. The van der Waals surface area contributed by atoms with E-state index < -0.39 is 26.9 Å². The molecule has 0 fully saturated rings. The number of rotatable bonds is 9. The van der Waals surface area contributed by atoms with Crippen molar-refractivity contribution in [2.75, 3.05) is 20.8 Å². The Balaban J connectivity index is 1.55. The number of benzene rings is 1. The average Bonchev–Trinajstić information content (AvgIpc) is 3.65. The van der Waals surface area contributed by atoms with E-state index in [1.807, 2.05) is 0 Å². The number of sulfone groups is 1. The van der Waals surface area contributed by atoms with Crippen LogP contribution in [-0.4, -0.2) is 64.1 Å². The Labute approximate surface area is 219 Å². The number of aryl methyl sites for hydroxylation is 2. The van der Waals surface area contributed by atoms with Crippen LogP contribution >= 0.6 is 0 Å². The highest BCUT2D eigenvalue weighted by atomic mass is 32.2.